The lowest BCUT2D eigenvalue weighted by molar-refractivity contribution is 0.0554. The van der Waals surface area contributed by atoms with Gasteiger partial charge in [-0.05, 0) is 36.5 Å². The summed E-state index contributed by atoms with van der Waals surface area (Å²) >= 11 is 6.38. The number of aryl methyl sites for hydroxylation is 1. The molecule has 4 unspecified atom stereocenters. The van der Waals surface area contributed by atoms with E-state index in [1.54, 1.807) is 4.68 Å². The van der Waals surface area contributed by atoms with Crippen LogP contribution in [0.5, 0.6) is 0 Å². The van der Waals surface area contributed by atoms with Crippen LogP contribution in [0.25, 0.3) is 0 Å². The van der Waals surface area contributed by atoms with Gasteiger partial charge in [0.2, 0.25) is 0 Å². The number of rotatable bonds is 3. The fraction of sp³-hybridized carbons (Fsp3) is 0.812. The highest BCUT2D eigenvalue weighted by Gasteiger charge is 2.34. The van der Waals surface area contributed by atoms with Gasteiger partial charge in [0.05, 0.1) is 11.8 Å². The van der Waals surface area contributed by atoms with Gasteiger partial charge in [0.15, 0.2) is 0 Å². The molecule has 1 aliphatic rings. The zero-order chi connectivity index (χ0) is 15.0. The van der Waals surface area contributed by atoms with Gasteiger partial charge in [-0.1, -0.05) is 45.7 Å². The van der Waals surface area contributed by atoms with Crippen LogP contribution in [0.3, 0.4) is 0 Å². The van der Waals surface area contributed by atoms with Gasteiger partial charge >= 0.3 is 0 Å². The summed E-state index contributed by atoms with van der Waals surface area (Å²) in [5.74, 6) is 2.01. The average molecular weight is 299 g/mol. The number of aliphatic hydroxyl groups is 1. The van der Waals surface area contributed by atoms with Crippen molar-refractivity contribution in [3.63, 3.8) is 0 Å². The Bertz CT molecular complexity index is 469. The molecule has 1 fully saturated rings. The van der Waals surface area contributed by atoms with Gasteiger partial charge in [-0.3, -0.25) is 4.68 Å². The molecule has 0 saturated heterocycles. The highest BCUT2D eigenvalue weighted by atomic mass is 35.5. The van der Waals surface area contributed by atoms with E-state index in [2.05, 4.69) is 32.8 Å². The molecule has 1 N–H and O–H groups in total. The van der Waals surface area contributed by atoms with Gasteiger partial charge in [0, 0.05) is 12.6 Å². The minimum atomic E-state index is -0.483. The summed E-state index contributed by atoms with van der Waals surface area (Å²) in [5, 5.41) is 15.9. The van der Waals surface area contributed by atoms with Crippen molar-refractivity contribution < 1.29 is 5.11 Å². The van der Waals surface area contributed by atoms with Crippen LogP contribution in [0.4, 0.5) is 0 Å². The van der Waals surface area contributed by atoms with Crippen molar-refractivity contribution in [2.24, 2.45) is 24.8 Å². The Hall–Kier alpha value is -0.540. The van der Waals surface area contributed by atoms with Gasteiger partial charge in [-0.25, -0.2) is 0 Å². The third-order valence-electron chi connectivity index (χ3n) is 4.97. The first-order valence-corrected chi connectivity index (χ1v) is 8.11. The maximum absolute atomic E-state index is 10.8. The largest absolute Gasteiger partial charge is 0.388 e. The Morgan fingerprint density at radius 3 is 2.45 bits per heavy atom. The first-order valence-electron chi connectivity index (χ1n) is 7.73. The zero-order valence-electron chi connectivity index (χ0n) is 13.2. The summed E-state index contributed by atoms with van der Waals surface area (Å²) in [7, 11) is 1.84. The highest BCUT2D eigenvalue weighted by Crippen LogP contribution is 2.43. The molecule has 0 radical (unpaired) electrons. The fourth-order valence-electron chi connectivity index (χ4n) is 3.35. The number of hydrogen-bond donors (Lipinski definition) is 1. The molecule has 0 aromatic carbocycles. The summed E-state index contributed by atoms with van der Waals surface area (Å²) < 4.78 is 1.68. The molecule has 2 rings (SSSR count). The molecule has 20 heavy (non-hydrogen) atoms. The zero-order valence-corrected chi connectivity index (χ0v) is 14.0. The topological polar surface area (TPSA) is 38.0 Å². The molecule has 1 saturated carbocycles. The number of nitrogens with zero attached hydrogens (tertiary/aromatic N) is 2. The number of hydrogen-bond acceptors (Lipinski definition) is 2. The Morgan fingerprint density at radius 1 is 1.25 bits per heavy atom. The quantitative estimate of drug-likeness (QED) is 0.903. The lowest BCUT2D eigenvalue weighted by Crippen LogP contribution is -2.25. The molecule has 1 heterocycles. The molecule has 4 atom stereocenters. The lowest BCUT2D eigenvalue weighted by atomic mass is 9.72. The molecule has 1 aromatic heterocycles. The van der Waals surface area contributed by atoms with Gasteiger partial charge in [0.1, 0.15) is 5.15 Å². The van der Waals surface area contributed by atoms with Crippen molar-refractivity contribution in [2.45, 2.75) is 59.0 Å². The van der Waals surface area contributed by atoms with E-state index < -0.39 is 6.10 Å². The molecule has 3 nitrogen and oxygen atoms in total. The van der Waals surface area contributed by atoms with Crippen molar-refractivity contribution in [1.29, 1.82) is 0 Å². The van der Waals surface area contributed by atoms with Gasteiger partial charge in [-0.15, -0.1) is 0 Å². The highest BCUT2D eigenvalue weighted by molar-refractivity contribution is 6.30. The Labute approximate surface area is 127 Å². The van der Waals surface area contributed by atoms with E-state index in [-0.39, 0.29) is 5.92 Å². The van der Waals surface area contributed by atoms with Crippen LogP contribution >= 0.6 is 11.6 Å². The summed E-state index contributed by atoms with van der Waals surface area (Å²) in [6.45, 7) is 8.79. The second-order valence-electron chi connectivity index (χ2n) is 6.84. The van der Waals surface area contributed by atoms with E-state index in [0.29, 0.717) is 17.0 Å². The normalized spacial score (nSPS) is 28.9. The third kappa shape index (κ3) is 2.89. The SMILES string of the molecule is CC(C)c1nn(C)c(Cl)c1C(O)C1CCC(C)C(C)C1. The van der Waals surface area contributed by atoms with Gasteiger partial charge in [-0.2, -0.15) is 5.10 Å². The minimum Gasteiger partial charge on any atom is -0.388 e. The van der Waals surface area contributed by atoms with Crippen LogP contribution in [-0.2, 0) is 7.05 Å². The molecule has 0 spiro atoms. The predicted molar refractivity (Wildman–Crippen MR) is 82.9 cm³/mol. The van der Waals surface area contributed by atoms with Crippen molar-refractivity contribution >= 4 is 11.6 Å². The first-order chi connectivity index (χ1) is 9.32. The Balaban J connectivity index is 2.27. The smallest absolute Gasteiger partial charge is 0.132 e. The van der Waals surface area contributed by atoms with Crippen LogP contribution in [-0.4, -0.2) is 14.9 Å². The summed E-state index contributed by atoms with van der Waals surface area (Å²) in [4.78, 5) is 0. The van der Waals surface area contributed by atoms with E-state index in [1.165, 1.54) is 6.42 Å². The predicted octanol–water partition coefficient (Wildman–Crippen LogP) is 4.30. The summed E-state index contributed by atoms with van der Waals surface area (Å²) in [6.07, 6.45) is 2.86. The Morgan fingerprint density at radius 2 is 1.90 bits per heavy atom. The first kappa shape index (κ1) is 15.8. The van der Waals surface area contributed by atoms with Crippen LogP contribution < -0.4 is 0 Å². The monoisotopic (exact) mass is 298 g/mol. The van der Waals surface area contributed by atoms with Crippen molar-refractivity contribution in [3.8, 4) is 0 Å². The standard InChI is InChI=1S/C16H27ClN2O/c1-9(2)14-13(16(17)19(5)18-14)15(20)12-7-6-10(3)11(4)8-12/h9-12,15,20H,6-8H2,1-5H3. The van der Waals surface area contributed by atoms with Gasteiger partial charge in [0.25, 0.3) is 0 Å². The van der Waals surface area contributed by atoms with Crippen LogP contribution in [0.1, 0.15) is 70.2 Å². The van der Waals surface area contributed by atoms with E-state index in [4.69, 9.17) is 11.6 Å². The molecule has 114 valence electrons. The van der Waals surface area contributed by atoms with Crippen molar-refractivity contribution in [3.05, 3.63) is 16.4 Å². The number of aromatic nitrogens is 2. The van der Waals surface area contributed by atoms with Gasteiger partial charge < -0.3 is 5.11 Å². The maximum atomic E-state index is 10.8. The maximum Gasteiger partial charge on any atom is 0.132 e. The Kier molecular flexibility index (Phi) is 4.80. The van der Waals surface area contributed by atoms with E-state index in [9.17, 15) is 5.11 Å². The number of aliphatic hydroxyl groups excluding tert-OH is 1. The third-order valence-corrected chi connectivity index (χ3v) is 5.42. The van der Waals surface area contributed by atoms with Crippen molar-refractivity contribution in [1.82, 2.24) is 9.78 Å². The molecule has 0 aliphatic heterocycles. The summed E-state index contributed by atoms with van der Waals surface area (Å²) in [5.41, 5.74) is 1.80. The minimum absolute atomic E-state index is 0.276. The van der Waals surface area contributed by atoms with Crippen molar-refractivity contribution in [2.75, 3.05) is 0 Å². The fourth-order valence-corrected chi connectivity index (χ4v) is 3.60. The molecule has 1 aliphatic carbocycles. The van der Waals surface area contributed by atoms with Crippen LogP contribution in [0.2, 0.25) is 5.15 Å². The second kappa shape index (κ2) is 6.07. The van der Waals surface area contributed by atoms with E-state index in [0.717, 1.165) is 30.0 Å². The molecular weight excluding hydrogens is 272 g/mol. The molecular formula is C16H27ClN2O. The van der Waals surface area contributed by atoms with E-state index >= 15 is 0 Å². The molecule has 0 bridgehead atoms. The molecule has 4 heteroatoms. The number of halogens is 1. The average Bonchev–Trinajstić information content (AvgIpc) is 2.69. The van der Waals surface area contributed by atoms with Crippen LogP contribution in [0, 0.1) is 17.8 Å². The van der Waals surface area contributed by atoms with E-state index in [1.807, 2.05) is 7.05 Å². The lowest BCUT2D eigenvalue weighted by Gasteiger charge is -2.35. The summed E-state index contributed by atoms with van der Waals surface area (Å²) in [6, 6.07) is 0. The van der Waals surface area contributed by atoms with Crippen LogP contribution in [0.15, 0.2) is 0 Å². The second-order valence-corrected chi connectivity index (χ2v) is 7.20. The molecule has 0 amide bonds. The molecule has 1 aromatic rings.